The molecule has 9 rings (SSSR count). The Balaban J connectivity index is 1.13. The minimum Gasteiger partial charge on any atom is -0.360 e. The molecule has 0 spiro atoms. The van der Waals surface area contributed by atoms with Crippen molar-refractivity contribution in [2.45, 2.75) is 6.17 Å². The second kappa shape index (κ2) is 14.8. The zero-order valence-electron chi connectivity index (χ0n) is 29.7. The summed E-state index contributed by atoms with van der Waals surface area (Å²) >= 11 is 0. The van der Waals surface area contributed by atoms with E-state index >= 15 is 0 Å². The van der Waals surface area contributed by atoms with Gasteiger partial charge in [-0.2, -0.15) is 0 Å². The Labute approximate surface area is 316 Å². The van der Waals surface area contributed by atoms with Crippen LogP contribution in [-0.4, -0.2) is 11.9 Å². The number of hydrogen-bond donors (Lipinski definition) is 3. The Morgan fingerprint density at radius 1 is 0.389 bits per heavy atom. The number of aliphatic imine (C=N–C) groups is 1. The zero-order chi connectivity index (χ0) is 36.1. The average Bonchev–Trinajstić information content (AvgIpc) is 3.25. The largest absolute Gasteiger partial charge is 0.360 e. The molecule has 4 nitrogen and oxygen atoms in total. The zero-order valence-corrected chi connectivity index (χ0v) is 29.7. The first kappa shape index (κ1) is 32.7. The molecule has 0 aromatic heterocycles. The van der Waals surface area contributed by atoms with Crippen LogP contribution >= 0.6 is 0 Å². The van der Waals surface area contributed by atoms with Crippen LogP contribution < -0.4 is 16.0 Å². The summed E-state index contributed by atoms with van der Waals surface area (Å²) < 4.78 is 0. The lowest BCUT2D eigenvalue weighted by molar-refractivity contribution is 1.04. The number of nitrogens with one attached hydrogen (secondary N) is 3. The number of hydrogen-bond acceptors (Lipinski definition) is 4. The molecule has 1 heterocycles. The Bertz CT molecular complexity index is 2580. The van der Waals surface area contributed by atoms with Gasteiger partial charge in [0.25, 0.3) is 0 Å². The van der Waals surface area contributed by atoms with Gasteiger partial charge in [0.1, 0.15) is 6.17 Å². The maximum Gasteiger partial charge on any atom is 0.141 e. The Morgan fingerprint density at radius 3 is 1.70 bits per heavy atom. The lowest BCUT2D eigenvalue weighted by atomic mass is 9.93. The SMILES string of the molecule is c1ccc(Nc2ccccc2-c2cccc(-c3ccc(NC4Nc5ccccc5N=C4c4ccccc4)c(-c4cccc(-c5ccccc5)c4)c3)c2)cc1. The van der Waals surface area contributed by atoms with Crippen molar-refractivity contribution in [2.24, 2.45) is 4.99 Å². The Hall–Kier alpha value is -7.17. The van der Waals surface area contributed by atoms with Gasteiger partial charge in [0, 0.05) is 33.8 Å². The van der Waals surface area contributed by atoms with E-state index in [1.165, 1.54) is 11.1 Å². The summed E-state index contributed by atoms with van der Waals surface area (Å²) in [6.45, 7) is 0. The maximum atomic E-state index is 5.17. The van der Waals surface area contributed by atoms with Gasteiger partial charge < -0.3 is 16.0 Å². The fourth-order valence-corrected chi connectivity index (χ4v) is 7.18. The van der Waals surface area contributed by atoms with Crippen molar-refractivity contribution in [2.75, 3.05) is 16.0 Å². The van der Waals surface area contributed by atoms with E-state index < -0.39 is 0 Å². The fourth-order valence-electron chi connectivity index (χ4n) is 7.18. The third-order valence-electron chi connectivity index (χ3n) is 9.87. The van der Waals surface area contributed by atoms with Gasteiger partial charge in [-0.1, -0.05) is 152 Å². The molecule has 0 radical (unpaired) electrons. The third-order valence-corrected chi connectivity index (χ3v) is 9.87. The summed E-state index contributed by atoms with van der Waals surface area (Å²) in [5.41, 5.74) is 16.2. The summed E-state index contributed by atoms with van der Waals surface area (Å²) in [5, 5.41) is 11.3. The van der Waals surface area contributed by atoms with Gasteiger partial charge in [-0.05, 0) is 88.0 Å². The van der Waals surface area contributed by atoms with Crippen LogP contribution in [0.15, 0.2) is 211 Å². The molecule has 0 bridgehead atoms. The minimum absolute atomic E-state index is 0.263. The van der Waals surface area contributed by atoms with E-state index in [-0.39, 0.29) is 6.17 Å². The van der Waals surface area contributed by atoms with Crippen LogP contribution in [0.4, 0.5) is 28.4 Å². The van der Waals surface area contributed by atoms with E-state index in [2.05, 4.69) is 198 Å². The maximum absolute atomic E-state index is 5.17. The van der Waals surface area contributed by atoms with Crippen LogP contribution in [0.25, 0.3) is 44.5 Å². The molecule has 0 fully saturated rings. The molecule has 8 aromatic rings. The summed E-state index contributed by atoms with van der Waals surface area (Å²) in [7, 11) is 0. The highest BCUT2D eigenvalue weighted by Gasteiger charge is 2.25. The first-order valence-electron chi connectivity index (χ1n) is 18.3. The molecule has 4 heteroatoms. The minimum atomic E-state index is -0.263. The summed E-state index contributed by atoms with van der Waals surface area (Å²) in [5.74, 6) is 0. The standard InChI is InChI=1S/C50H38N4/c1-4-16-35(17-5-1)37-20-14-23-41(32-37)44-34-39(38-21-15-22-40(33-38)43-26-10-11-27-45(43)51-42-24-8-3-9-25-42)30-31-46(44)53-50-49(36-18-6-2-7-19-36)52-47-28-12-13-29-48(47)54-50/h1-34,50-51,53-54H. The van der Waals surface area contributed by atoms with Crippen LogP contribution in [0.3, 0.4) is 0 Å². The lowest BCUT2D eigenvalue weighted by Crippen LogP contribution is -2.39. The van der Waals surface area contributed by atoms with E-state index in [4.69, 9.17) is 4.99 Å². The van der Waals surface area contributed by atoms with E-state index in [1.807, 2.05) is 24.3 Å². The normalized spacial score (nSPS) is 13.3. The highest BCUT2D eigenvalue weighted by Crippen LogP contribution is 2.39. The van der Waals surface area contributed by atoms with Crippen molar-refractivity contribution in [3.8, 4) is 44.5 Å². The number of fused-ring (bicyclic) bond motifs is 1. The first-order valence-corrected chi connectivity index (χ1v) is 18.3. The van der Waals surface area contributed by atoms with Crippen LogP contribution in [0, 0.1) is 0 Å². The van der Waals surface area contributed by atoms with Crippen molar-refractivity contribution < 1.29 is 0 Å². The monoisotopic (exact) mass is 694 g/mol. The molecule has 8 aromatic carbocycles. The summed E-state index contributed by atoms with van der Waals surface area (Å²) in [4.78, 5) is 5.17. The predicted octanol–water partition coefficient (Wildman–Crippen LogP) is 13.1. The van der Waals surface area contributed by atoms with Crippen LogP contribution in [0.2, 0.25) is 0 Å². The number of nitrogens with zero attached hydrogens (tertiary/aromatic N) is 1. The molecule has 54 heavy (non-hydrogen) atoms. The van der Waals surface area contributed by atoms with Gasteiger partial charge in [0.05, 0.1) is 17.1 Å². The summed E-state index contributed by atoms with van der Waals surface area (Å²) in [6, 6.07) is 72.4. The van der Waals surface area contributed by atoms with Crippen molar-refractivity contribution >= 4 is 34.1 Å². The van der Waals surface area contributed by atoms with Crippen molar-refractivity contribution in [1.82, 2.24) is 0 Å². The molecule has 3 N–H and O–H groups in total. The smallest absolute Gasteiger partial charge is 0.141 e. The van der Waals surface area contributed by atoms with Crippen molar-refractivity contribution in [3.63, 3.8) is 0 Å². The molecular weight excluding hydrogens is 657 g/mol. The van der Waals surface area contributed by atoms with Gasteiger partial charge in [-0.15, -0.1) is 0 Å². The molecule has 0 aliphatic carbocycles. The van der Waals surface area contributed by atoms with E-state index in [0.29, 0.717) is 0 Å². The average molecular weight is 695 g/mol. The number of benzene rings is 8. The number of para-hydroxylation sites is 4. The highest BCUT2D eigenvalue weighted by atomic mass is 15.2. The molecule has 1 aliphatic rings. The quantitative estimate of drug-likeness (QED) is 0.141. The summed E-state index contributed by atoms with van der Waals surface area (Å²) in [6.07, 6.45) is -0.263. The fraction of sp³-hybridized carbons (Fsp3) is 0.0200. The van der Waals surface area contributed by atoms with E-state index in [9.17, 15) is 0 Å². The van der Waals surface area contributed by atoms with Crippen LogP contribution in [-0.2, 0) is 0 Å². The van der Waals surface area contributed by atoms with Crippen molar-refractivity contribution in [3.05, 3.63) is 212 Å². The molecule has 1 atom stereocenters. The molecule has 1 aliphatic heterocycles. The predicted molar refractivity (Wildman–Crippen MR) is 228 cm³/mol. The molecule has 0 saturated carbocycles. The topological polar surface area (TPSA) is 48.4 Å². The van der Waals surface area contributed by atoms with Gasteiger partial charge in [-0.25, -0.2) is 4.99 Å². The van der Waals surface area contributed by atoms with Crippen LogP contribution in [0.5, 0.6) is 0 Å². The van der Waals surface area contributed by atoms with E-state index in [0.717, 1.165) is 73.1 Å². The van der Waals surface area contributed by atoms with Crippen molar-refractivity contribution in [1.29, 1.82) is 0 Å². The Kier molecular flexibility index (Phi) is 8.98. The first-order chi connectivity index (χ1) is 26.7. The van der Waals surface area contributed by atoms with Gasteiger partial charge in [0.2, 0.25) is 0 Å². The molecule has 0 amide bonds. The molecule has 1 unspecified atom stereocenters. The Morgan fingerprint density at radius 2 is 0.944 bits per heavy atom. The van der Waals surface area contributed by atoms with Gasteiger partial charge >= 0.3 is 0 Å². The van der Waals surface area contributed by atoms with Crippen LogP contribution in [0.1, 0.15) is 5.56 Å². The second-order valence-electron chi connectivity index (χ2n) is 13.4. The van der Waals surface area contributed by atoms with Gasteiger partial charge in [0.15, 0.2) is 0 Å². The lowest BCUT2D eigenvalue weighted by Gasteiger charge is -2.30. The van der Waals surface area contributed by atoms with E-state index in [1.54, 1.807) is 0 Å². The number of rotatable bonds is 9. The second-order valence-corrected chi connectivity index (χ2v) is 13.4. The molecule has 258 valence electrons. The molecular formula is C50H38N4. The number of anilines is 4. The highest BCUT2D eigenvalue weighted by molar-refractivity contribution is 6.11. The third kappa shape index (κ3) is 6.89. The van der Waals surface area contributed by atoms with Gasteiger partial charge in [-0.3, -0.25) is 0 Å². The molecule has 0 saturated heterocycles.